The van der Waals surface area contributed by atoms with Crippen molar-refractivity contribution in [1.29, 1.82) is 0 Å². The molecule has 1 N–H and O–H groups in total. The molecule has 104 valence electrons. The number of nitrogens with one attached hydrogen (secondary N) is 1. The molecule has 5 nitrogen and oxygen atoms in total. The zero-order valence-corrected chi connectivity index (χ0v) is 11.6. The summed E-state index contributed by atoms with van der Waals surface area (Å²) in [5.74, 6) is 0. The largest absolute Gasteiger partial charge is 0.382 e. The lowest BCUT2D eigenvalue weighted by Gasteiger charge is -2.36. The lowest BCUT2D eigenvalue weighted by Crippen LogP contribution is -2.40. The second-order valence-electron chi connectivity index (χ2n) is 5.65. The van der Waals surface area contributed by atoms with E-state index in [-0.39, 0.29) is 16.2 Å². The molecule has 1 unspecified atom stereocenters. The Kier molecular flexibility index (Phi) is 3.75. The third kappa shape index (κ3) is 3.23. The van der Waals surface area contributed by atoms with Crippen molar-refractivity contribution in [2.45, 2.75) is 45.3 Å². The first-order valence-electron chi connectivity index (χ1n) is 6.53. The van der Waals surface area contributed by atoms with Crippen LogP contribution in [0.5, 0.6) is 0 Å². The Morgan fingerprint density at radius 2 is 2.21 bits per heavy atom. The highest BCUT2D eigenvalue weighted by atomic mass is 16.6. The third-order valence-electron chi connectivity index (χ3n) is 3.56. The van der Waals surface area contributed by atoms with E-state index in [9.17, 15) is 10.1 Å². The molecule has 0 amide bonds. The van der Waals surface area contributed by atoms with Crippen LogP contribution in [0.3, 0.4) is 0 Å². The van der Waals surface area contributed by atoms with Gasteiger partial charge in [0.25, 0.3) is 5.69 Å². The average molecular weight is 264 g/mol. The van der Waals surface area contributed by atoms with Crippen LogP contribution in [0, 0.1) is 17.0 Å². The van der Waals surface area contributed by atoms with Crippen molar-refractivity contribution in [2.24, 2.45) is 0 Å². The first kappa shape index (κ1) is 13.8. The molecule has 5 heteroatoms. The first-order valence-corrected chi connectivity index (χ1v) is 6.53. The molecule has 0 spiro atoms. The van der Waals surface area contributed by atoms with Crippen molar-refractivity contribution in [3.63, 3.8) is 0 Å². The van der Waals surface area contributed by atoms with Gasteiger partial charge in [0, 0.05) is 30.0 Å². The highest BCUT2D eigenvalue weighted by molar-refractivity contribution is 5.60. The van der Waals surface area contributed by atoms with Gasteiger partial charge in [0.1, 0.15) is 0 Å². The molecule has 0 radical (unpaired) electrons. The number of anilines is 1. The number of benzene rings is 1. The summed E-state index contributed by atoms with van der Waals surface area (Å²) in [6.07, 6.45) is 1.82. The fourth-order valence-corrected chi connectivity index (χ4v) is 2.55. The van der Waals surface area contributed by atoms with Crippen molar-refractivity contribution < 1.29 is 9.66 Å². The average Bonchev–Trinajstić information content (AvgIpc) is 2.30. The van der Waals surface area contributed by atoms with E-state index in [2.05, 4.69) is 19.2 Å². The summed E-state index contributed by atoms with van der Waals surface area (Å²) in [6.45, 7) is 6.64. The summed E-state index contributed by atoms with van der Waals surface area (Å²) in [7, 11) is 0. The van der Waals surface area contributed by atoms with Crippen molar-refractivity contribution in [2.75, 3.05) is 11.9 Å². The maximum absolute atomic E-state index is 10.9. The molecule has 1 heterocycles. The fraction of sp³-hybridized carbons (Fsp3) is 0.571. The Balaban J connectivity index is 2.15. The standard InChI is InChI=1S/C14H20N2O3/c1-10-12(5-4-6-13(10)16(17)18)15-11-7-8-19-14(2,3)9-11/h4-6,11,15H,7-9H2,1-3H3. The van der Waals surface area contributed by atoms with Crippen LogP contribution in [0.4, 0.5) is 11.4 Å². The highest BCUT2D eigenvalue weighted by Gasteiger charge is 2.29. The molecule has 0 aromatic heterocycles. The van der Waals surface area contributed by atoms with Crippen LogP contribution < -0.4 is 5.32 Å². The molecule has 1 aliphatic heterocycles. The summed E-state index contributed by atoms with van der Waals surface area (Å²) in [5.41, 5.74) is 1.56. The minimum Gasteiger partial charge on any atom is -0.382 e. The van der Waals surface area contributed by atoms with E-state index < -0.39 is 0 Å². The van der Waals surface area contributed by atoms with E-state index >= 15 is 0 Å². The van der Waals surface area contributed by atoms with Gasteiger partial charge in [-0.15, -0.1) is 0 Å². The van der Waals surface area contributed by atoms with Crippen molar-refractivity contribution in [3.8, 4) is 0 Å². The van der Waals surface area contributed by atoms with E-state index in [0.29, 0.717) is 11.6 Å². The molecule has 1 aromatic rings. The zero-order chi connectivity index (χ0) is 14.0. The molecule has 19 heavy (non-hydrogen) atoms. The Hall–Kier alpha value is -1.62. The van der Waals surface area contributed by atoms with Gasteiger partial charge in [-0.1, -0.05) is 6.07 Å². The van der Waals surface area contributed by atoms with Crippen LogP contribution in [0.2, 0.25) is 0 Å². The topological polar surface area (TPSA) is 64.4 Å². The van der Waals surface area contributed by atoms with Gasteiger partial charge in [-0.05, 0) is 39.7 Å². The smallest absolute Gasteiger partial charge is 0.274 e. The Morgan fingerprint density at radius 1 is 1.47 bits per heavy atom. The highest BCUT2D eigenvalue weighted by Crippen LogP contribution is 2.30. The van der Waals surface area contributed by atoms with Gasteiger partial charge in [0.2, 0.25) is 0 Å². The number of hydrogen-bond donors (Lipinski definition) is 1. The van der Waals surface area contributed by atoms with Gasteiger partial charge in [-0.2, -0.15) is 0 Å². The summed E-state index contributed by atoms with van der Waals surface area (Å²) < 4.78 is 5.68. The van der Waals surface area contributed by atoms with Crippen LogP contribution in [0.15, 0.2) is 18.2 Å². The summed E-state index contributed by atoms with van der Waals surface area (Å²) >= 11 is 0. The van der Waals surface area contributed by atoms with Crippen LogP contribution in [-0.2, 0) is 4.74 Å². The molecule has 1 aliphatic rings. The summed E-state index contributed by atoms with van der Waals surface area (Å²) in [5, 5.41) is 14.3. The van der Waals surface area contributed by atoms with Gasteiger partial charge >= 0.3 is 0 Å². The third-order valence-corrected chi connectivity index (χ3v) is 3.56. The van der Waals surface area contributed by atoms with Crippen molar-refractivity contribution in [3.05, 3.63) is 33.9 Å². The van der Waals surface area contributed by atoms with E-state index in [1.165, 1.54) is 6.07 Å². The Bertz CT molecular complexity index is 486. The van der Waals surface area contributed by atoms with E-state index in [1.54, 1.807) is 13.0 Å². The molecule has 1 saturated heterocycles. The van der Waals surface area contributed by atoms with Gasteiger partial charge in [-0.25, -0.2) is 0 Å². The Morgan fingerprint density at radius 3 is 2.84 bits per heavy atom. The molecule has 1 fully saturated rings. The number of rotatable bonds is 3. The van der Waals surface area contributed by atoms with Crippen molar-refractivity contribution in [1.82, 2.24) is 0 Å². The molecular formula is C14H20N2O3. The lowest BCUT2D eigenvalue weighted by molar-refractivity contribution is -0.385. The van der Waals surface area contributed by atoms with E-state index in [0.717, 1.165) is 25.1 Å². The number of ether oxygens (including phenoxy) is 1. The van der Waals surface area contributed by atoms with E-state index in [1.807, 2.05) is 6.07 Å². The normalized spacial score (nSPS) is 21.9. The number of nitrogens with zero attached hydrogens (tertiary/aromatic N) is 1. The second kappa shape index (κ2) is 5.17. The molecule has 0 bridgehead atoms. The number of hydrogen-bond acceptors (Lipinski definition) is 4. The predicted octanol–water partition coefficient (Wildman–Crippen LogP) is 3.27. The number of nitro groups is 1. The lowest BCUT2D eigenvalue weighted by atomic mass is 9.93. The molecule has 1 aromatic carbocycles. The van der Waals surface area contributed by atoms with Gasteiger partial charge < -0.3 is 10.1 Å². The Labute approximate surface area is 113 Å². The number of nitro benzene ring substituents is 1. The van der Waals surface area contributed by atoms with Crippen LogP contribution in [0.1, 0.15) is 32.3 Å². The van der Waals surface area contributed by atoms with Gasteiger partial charge in [-0.3, -0.25) is 10.1 Å². The first-order chi connectivity index (χ1) is 8.89. The quantitative estimate of drug-likeness (QED) is 0.672. The molecule has 0 saturated carbocycles. The van der Waals surface area contributed by atoms with Gasteiger partial charge in [0.15, 0.2) is 0 Å². The molecule has 1 atom stereocenters. The molecule has 0 aliphatic carbocycles. The zero-order valence-electron chi connectivity index (χ0n) is 11.6. The van der Waals surface area contributed by atoms with E-state index in [4.69, 9.17) is 4.74 Å². The van der Waals surface area contributed by atoms with Crippen LogP contribution in [0.25, 0.3) is 0 Å². The van der Waals surface area contributed by atoms with Crippen LogP contribution >= 0.6 is 0 Å². The molecule has 2 rings (SSSR count). The SMILES string of the molecule is Cc1c(NC2CCOC(C)(C)C2)cccc1[N+](=O)[O-]. The minimum atomic E-state index is -0.339. The predicted molar refractivity (Wildman–Crippen MR) is 74.5 cm³/mol. The fourth-order valence-electron chi connectivity index (χ4n) is 2.55. The second-order valence-corrected chi connectivity index (χ2v) is 5.65. The van der Waals surface area contributed by atoms with Crippen LogP contribution in [-0.4, -0.2) is 23.2 Å². The van der Waals surface area contributed by atoms with Crippen molar-refractivity contribution >= 4 is 11.4 Å². The molecular weight excluding hydrogens is 244 g/mol. The monoisotopic (exact) mass is 264 g/mol. The van der Waals surface area contributed by atoms with Gasteiger partial charge in [0.05, 0.1) is 10.5 Å². The maximum Gasteiger partial charge on any atom is 0.274 e. The summed E-state index contributed by atoms with van der Waals surface area (Å²) in [4.78, 5) is 10.6. The summed E-state index contributed by atoms with van der Waals surface area (Å²) in [6, 6.07) is 5.45. The maximum atomic E-state index is 10.9. The minimum absolute atomic E-state index is 0.134.